The first-order valence-electron chi connectivity index (χ1n) is 6.38. The zero-order valence-electron chi connectivity index (χ0n) is 11.0. The van der Waals surface area contributed by atoms with Gasteiger partial charge in [0, 0.05) is 20.0 Å². The third-order valence-electron chi connectivity index (χ3n) is 3.61. The van der Waals surface area contributed by atoms with Crippen LogP contribution in [-0.4, -0.2) is 30.9 Å². The molecule has 1 aliphatic carbocycles. The minimum atomic E-state index is -0.0684. The van der Waals surface area contributed by atoms with E-state index >= 15 is 0 Å². The van der Waals surface area contributed by atoms with Crippen molar-refractivity contribution >= 4 is 5.91 Å². The lowest BCUT2D eigenvalue weighted by atomic mass is 9.89. The van der Waals surface area contributed by atoms with Crippen molar-refractivity contribution in [3.63, 3.8) is 0 Å². The van der Waals surface area contributed by atoms with Gasteiger partial charge in [-0.1, -0.05) is 26.7 Å². The van der Waals surface area contributed by atoms with E-state index in [1.807, 2.05) is 25.8 Å². The lowest BCUT2D eigenvalue weighted by Gasteiger charge is -2.27. The van der Waals surface area contributed by atoms with E-state index < -0.39 is 0 Å². The lowest BCUT2D eigenvalue weighted by molar-refractivity contribution is -0.132. The molecule has 1 fully saturated rings. The van der Waals surface area contributed by atoms with Crippen LogP contribution in [0.4, 0.5) is 0 Å². The normalized spacial score (nSPS) is 17.8. The number of carbonyl (C=O) groups is 1. The van der Waals surface area contributed by atoms with Crippen LogP contribution in [0.2, 0.25) is 0 Å². The minimum Gasteiger partial charge on any atom is -0.345 e. The van der Waals surface area contributed by atoms with Crippen molar-refractivity contribution in [1.29, 1.82) is 0 Å². The van der Waals surface area contributed by atoms with Crippen molar-refractivity contribution in [3.05, 3.63) is 0 Å². The van der Waals surface area contributed by atoms with Crippen LogP contribution in [-0.2, 0) is 4.79 Å². The topological polar surface area (TPSA) is 46.3 Å². The summed E-state index contributed by atoms with van der Waals surface area (Å²) in [4.78, 5) is 13.9. The summed E-state index contributed by atoms with van der Waals surface area (Å²) in [6, 6.07) is 0. The molecule has 0 unspecified atom stereocenters. The number of amides is 1. The van der Waals surface area contributed by atoms with E-state index in [4.69, 9.17) is 5.73 Å². The van der Waals surface area contributed by atoms with Gasteiger partial charge in [-0.25, -0.2) is 0 Å². The SMILES string of the molecule is CN(CC1CCCC1)C(=O)CC(C)(C)CN. The Bertz CT molecular complexity index is 232. The Morgan fingerprint density at radius 2 is 1.94 bits per heavy atom. The molecular weight excluding hydrogens is 200 g/mol. The third kappa shape index (κ3) is 4.12. The largest absolute Gasteiger partial charge is 0.345 e. The Labute approximate surface area is 99.4 Å². The van der Waals surface area contributed by atoms with Gasteiger partial charge in [0.05, 0.1) is 0 Å². The fraction of sp³-hybridized carbons (Fsp3) is 0.923. The van der Waals surface area contributed by atoms with Crippen molar-refractivity contribution in [3.8, 4) is 0 Å². The maximum atomic E-state index is 12.0. The highest BCUT2D eigenvalue weighted by atomic mass is 16.2. The zero-order chi connectivity index (χ0) is 12.2. The van der Waals surface area contributed by atoms with Crippen molar-refractivity contribution in [2.75, 3.05) is 20.1 Å². The lowest BCUT2D eigenvalue weighted by Crippen LogP contribution is -2.36. The van der Waals surface area contributed by atoms with Crippen LogP contribution in [0.15, 0.2) is 0 Å². The molecule has 0 aliphatic heterocycles. The van der Waals surface area contributed by atoms with Crippen molar-refractivity contribution in [2.24, 2.45) is 17.1 Å². The van der Waals surface area contributed by atoms with Gasteiger partial charge in [-0.05, 0) is 30.7 Å². The van der Waals surface area contributed by atoms with Gasteiger partial charge >= 0.3 is 0 Å². The Morgan fingerprint density at radius 1 is 1.38 bits per heavy atom. The van der Waals surface area contributed by atoms with E-state index in [0.29, 0.717) is 13.0 Å². The average Bonchev–Trinajstić information content (AvgIpc) is 2.69. The molecule has 0 saturated heterocycles. The summed E-state index contributed by atoms with van der Waals surface area (Å²) in [6.45, 7) is 5.60. The molecule has 0 aromatic rings. The van der Waals surface area contributed by atoms with E-state index in [-0.39, 0.29) is 11.3 Å². The molecule has 0 aromatic heterocycles. The monoisotopic (exact) mass is 226 g/mol. The molecular formula is C13H26N2O. The fourth-order valence-electron chi connectivity index (χ4n) is 2.30. The van der Waals surface area contributed by atoms with Gasteiger partial charge in [-0.15, -0.1) is 0 Å². The van der Waals surface area contributed by atoms with Crippen LogP contribution in [0.3, 0.4) is 0 Å². The van der Waals surface area contributed by atoms with E-state index in [9.17, 15) is 4.79 Å². The molecule has 0 atom stereocenters. The molecule has 1 amide bonds. The number of hydrogen-bond acceptors (Lipinski definition) is 2. The van der Waals surface area contributed by atoms with E-state index in [0.717, 1.165) is 12.5 Å². The number of rotatable bonds is 5. The summed E-state index contributed by atoms with van der Waals surface area (Å²) >= 11 is 0. The van der Waals surface area contributed by atoms with E-state index in [1.54, 1.807) is 0 Å². The first-order valence-corrected chi connectivity index (χ1v) is 6.38. The average molecular weight is 226 g/mol. The van der Waals surface area contributed by atoms with Crippen molar-refractivity contribution in [1.82, 2.24) is 4.90 Å². The van der Waals surface area contributed by atoms with Crippen LogP contribution in [0.1, 0.15) is 46.0 Å². The Balaban J connectivity index is 2.35. The molecule has 0 spiro atoms. The maximum absolute atomic E-state index is 12.0. The summed E-state index contributed by atoms with van der Waals surface area (Å²) in [6.07, 6.45) is 5.81. The summed E-state index contributed by atoms with van der Waals surface area (Å²) in [5.74, 6) is 0.970. The van der Waals surface area contributed by atoms with E-state index in [2.05, 4.69) is 0 Å². The number of nitrogens with two attached hydrogens (primary N) is 1. The second-order valence-corrected chi connectivity index (χ2v) is 5.97. The Kier molecular flexibility index (Phi) is 4.78. The van der Waals surface area contributed by atoms with Crippen LogP contribution < -0.4 is 5.73 Å². The number of nitrogens with zero attached hydrogens (tertiary/aromatic N) is 1. The van der Waals surface area contributed by atoms with Crippen LogP contribution in [0.25, 0.3) is 0 Å². The third-order valence-corrected chi connectivity index (χ3v) is 3.61. The van der Waals surface area contributed by atoms with Gasteiger partial charge in [0.25, 0.3) is 0 Å². The molecule has 0 heterocycles. The fourth-order valence-corrected chi connectivity index (χ4v) is 2.30. The summed E-state index contributed by atoms with van der Waals surface area (Å²) in [5, 5.41) is 0. The highest BCUT2D eigenvalue weighted by Crippen LogP contribution is 2.26. The number of carbonyl (C=O) groups excluding carboxylic acids is 1. The van der Waals surface area contributed by atoms with Crippen LogP contribution >= 0.6 is 0 Å². The molecule has 0 bridgehead atoms. The molecule has 0 radical (unpaired) electrons. The van der Waals surface area contributed by atoms with Crippen LogP contribution in [0, 0.1) is 11.3 Å². The molecule has 16 heavy (non-hydrogen) atoms. The smallest absolute Gasteiger partial charge is 0.222 e. The highest BCUT2D eigenvalue weighted by Gasteiger charge is 2.24. The quantitative estimate of drug-likeness (QED) is 0.779. The molecule has 94 valence electrons. The highest BCUT2D eigenvalue weighted by molar-refractivity contribution is 5.76. The second-order valence-electron chi connectivity index (χ2n) is 5.97. The van der Waals surface area contributed by atoms with E-state index in [1.165, 1.54) is 25.7 Å². The Morgan fingerprint density at radius 3 is 2.44 bits per heavy atom. The molecule has 3 heteroatoms. The molecule has 0 aromatic carbocycles. The van der Waals surface area contributed by atoms with Gasteiger partial charge in [-0.2, -0.15) is 0 Å². The van der Waals surface area contributed by atoms with Gasteiger partial charge < -0.3 is 10.6 Å². The molecule has 1 rings (SSSR count). The summed E-state index contributed by atoms with van der Waals surface area (Å²) < 4.78 is 0. The first kappa shape index (κ1) is 13.5. The molecule has 3 nitrogen and oxygen atoms in total. The number of hydrogen-bond donors (Lipinski definition) is 1. The molecule has 1 saturated carbocycles. The summed E-state index contributed by atoms with van der Waals surface area (Å²) in [7, 11) is 1.92. The van der Waals surface area contributed by atoms with Crippen molar-refractivity contribution in [2.45, 2.75) is 46.0 Å². The van der Waals surface area contributed by atoms with Crippen molar-refractivity contribution < 1.29 is 4.79 Å². The van der Waals surface area contributed by atoms with Crippen LogP contribution in [0.5, 0.6) is 0 Å². The predicted octanol–water partition coefficient (Wildman–Crippen LogP) is 2.01. The second kappa shape index (κ2) is 5.67. The molecule has 1 aliphatic rings. The van der Waals surface area contributed by atoms with Gasteiger partial charge in [-0.3, -0.25) is 4.79 Å². The van der Waals surface area contributed by atoms with Gasteiger partial charge in [0.2, 0.25) is 5.91 Å². The summed E-state index contributed by atoms with van der Waals surface area (Å²) in [5.41, 5.74) is 5.58. The standard InChI is InChI=1S/C13H26N2O/c1-13(2,10-14)8-12(16)15(3)9-11-6-4-5-7-11/h11H,4-10,14H2,1-3H3. The van der Waals surface area contributed by atoms with Gasteiger partial charge in [0.1, 0.15) is 0 Å². The molecule has 2 N–H and O–H groups in total. The Hall–Kier alpha value is -0.570. The minimum absolute atomic E-state index is 0.0684. The van der Waals surface area contributed by atoms with Gasteiger partial charge in [0.15, 0.2) is 0 Å². The zero-order valence-corrected chi connectivity index (χ0v) is 11.0. The predicted molar refractivity (Wildman–Crippen MR) is 67.0 cm³/mol. The maximum Gasteiger partial charge on any atom is 0.222 e. The first-order chi connectivity index (χ1) is 7.44.